The van der Waals surface area contributed by atoms with Crippen molar-refractivity contribution in [2.75, 3.05) is 11.9 Å². The molecule has 1 aromatic heterocycles. The molecule has 1 aromatic rings. The lowest BCUT2D eigenvalue weighted by Crippen LogP contribution is -2.41. The number of carbonyl (C=O) groups excluding carboxylic acids is 3. The maximum Gasteiger partial charge on any atom is 0.341 e. The van der Waals surface area contributed by atoms with Gasteiger partial charge in [-0.1, -0.05) is 46.4 Å². The number of alkyl halides is 3. The molecule has 1 heterocycles. The molecule has 0 unspecified atom stereocenters. The fourth-order valence-electron chi connectivity index (χ4n) is 1.23. The standard InChI is InChI=1S/C11H9Cl4N3O4/c1-2-22-8(19)5-4-16-7(12)3-6(5)17-10(21)18-9(20)11(13,14)15/h3-4H,2H2,1H3,(H2,16,17,18,20,21). The number of aromatic nitrogens is 1. The lowest BCUT2D eigenvalue weighted by atomic mass is 10.2. The third kappa shape index (κ3) is 5.49. The molecule has 0 saturated carbocycles. The molecule has 0 saturated heterocycles. The summed E-state index contributed by atoms with van der Waals surface area (Å²) in [5.74, 6) is -1.89. The van der Waals surface area contributed by atoms with Gasteiger partial charge in [0.2, 0.25) is 0 Å². The summed E-state index contributed by atoms with van der Waals surface area (Å²) in [5, 5.41) is 4.02. The Labute approximate surface area is 145 Å². The van der Waals surface area contributed by atoms with Crippen LogP contribution >= 0.6 is 46.4 Å². The summed E-state index contributed by atoms with van der Waals surface area (Å²) in [6, 6.07) is 0.178. The zero-order chi connectivity index (χ0) is 16.9. The van der Waals surface area contributed by atoms with Gasteiger partial charge in [0.15, 0.2) is 0 Å². The molecule has 0 aromatic carbocycles. The van der Waals surface area contributed by atoms with Gasteiger partial charge in [-0.05, 0) is 13.0 Å². The first-order chi connectivity index (χ1) is 10.1. The molecule has 120 valence electrons. The summed E-state index contributed by atoms with van der Waals surface area (Å²) in [5.41, 5.74) is -0.0733. The molecule has 0 aliphatic heterocycles. The van der Waals surface area contributed by atoms with Gasteiger partial charge in [0.25, 0.3) is 9.70 Å². The highest BCUT2D eigenvalue weighted by molar-refractivity contribution is 6.76. The van der Waals surface area contributed by atoms with Gasteiger partial charge < -0.3 is 10.1 Å². The van der Waals surface area contributed by atoms with E-state index in [0.29, 0.717) is 0 Å². The number of urea groups is 1. The van der Waals surface area contributed by atoms with Crippen LogP contribution in [0.4, 0.5) is 10.5 Å². The second-order valence-electron chi connectivity index (χ2n) is 3.68. The molecule has 0 atom stereocenters. The average molecular weight is 389 g/mol. The summed E-state index contributed by atoms with van der Waals surface area (Å²) >= 11 is 21.6. The van der Waals surface area contributed by atoms with Crippen LogP contribution in [-0.2, 0) is 9.53 Å². The number of hydrogen-bond acceptors (Lipinski definition) is 5. The van der Waals surface area contributed by atoms with Gasteiger partial charge in [-0.2, -0.15) is 0 Å². The highest BCUT2D eigenvalue weighted by Gasteiger charge is 2.32. The van der Waals surface area contributed by atoms with Crippen LogP contribution in [0.25, 0.3) is 0 Å². The van der Waals surface area contributed by atoms with Gasteiger partial charge in [0.05, 0.1) is 12.3 Å². The summed E-state index contributed by atoms with van der Waals surface area (Å²) < 4.78 is 2.49. The van der Waals surface area contributed by atoms with Crippen molar-refractivity contribution in [1.29, 1.82) is 0 Å². The number of esters is 1. The van der Waals surface area contributed by atoms with Crippen LogP contribution in [-0.4, -0.2) is 33.3 Å². The normalized spacial score (nSPS) is 10.8. The van der Waals surface area contributed by atoms with Crippen LogP contribution < -0.4 is 10.6 Å². The van der Waals surface area contributed by atoms with E-state index in [1.807, 2.05) is 0 Å². The summed E-state index contributed by atoms with van der Waals surface area (Å²) in [4.78, 5) is 38.5. The maximum absolute atomic E-state index is 11.7. The van der Waals surface area contributed by atoms with Crippen molar-refractivity contribution in [3.05, 3.63) is 23.0 Å². The molecule has 0 aliphatic rings. The van der Waals surface area contributed by atoms with Gasteiger partial charge in [-0.3, -0.25) is 10.1 Å². The fraction of sp³-hybridized carbons (Fsp3) is 0.273. The third-order valence-electron chi connectivity index (χ3n) is 2.10. The van der Waals surface area contributed by atoms with Crippen molar-refractivity contribution >= 4 is 70.0 Å². The van der Waals surface area contributed by atoms with Crippen molar-refractivity contribution in [2.24, 2.45) is 0 Å². The van der Waals surface area contributed by atoms with Crippen molar-refractivity contribution in [3.8, 4) is 0 Å². The number of rotatable bonds is 3. The molecule has 11 heteroatoms. The Morgan fingerprint density at radius 1 is 1.32 bits per heavy atom. The number of amides is 3. The predicted octanol–water partition coefficient (Wildman–Crippen LogP) is 2.93. The molecular formula is C11H9Cl4N3O4. The molecule has 0 radical (unpaired) electrons. The van der Waals surface area contributed by atoms with E-state index in [2.05, 4.69) is 10.3 Å². The van der Waals surface area contributed by atoms with E-state index in [-0.39, 0.29) is 23.0 Å². The SMILES string of the molecule is CCOC(=O)c1cnc(Cl)cc1NC(=O)NC(=O)C(Cl)(Cl)Cl. The zero-order valence-corrected chi connectivity index (χ0v) is 14.0. The molecule has 7 nitrogen and oxygen atoms in total. The first-order valence-electron chi connectivity index (χ1n) is 5.67. The Bertz CT molecular complexity index is 603. The lowest BCUT2D eigenvalue weighted by Gasteiger charge is -2.13. The Morgan fingerprint density at radius 2 is 1.95 bits per heavy atom. The molecule has 2 N–H and O–H groups in total. The summed E-state index contributed by atoms with van der Waals surface area (Å²) in [6.45, 7) is 1.74. The van der Waals surface area contributed by atoms with E-state index < -0.39 is 21.7 Å². The monoisotopic (exact) mass is 387 g/mol. The van der Waals surface area contributed by atoms with Gasteiger partial charge in [0, 0.05) is 6.20 Å². The largest absolute Gasteiger partial charge is 0.462 e. The van der Waals surface area contributed by atoms with E-state index in [1.54, 1.807) is 12.2 Å². The van der Waals surface area contributed by atoms with Crippen molar-refractivity contribution in [3.63, 3.8) is 0 Å². The van der Waals surface area contributed by atoms with Crippen molar-refractivity contribution in [1.82, 2.24) is 10.3 Å². The van der Waals surface area contributed by atoms with E-state index in [9.17, 15) is 14.4 Å². The van der Waals surface area contributed by atoms with E-state index in [0.717, 1.165) is 6.20 Å². The molecule has 0 spiro atoms. The number of nitrogens with one attached hydrogen (secondary N) is 2. The Kier molecular flexibility index (Phi) is 6.67. The summed E-state index contributed by atoms with van der Waals surface area (Å²) in [6.07, 6.45) is 1.12. The molecular weight excluding hydrogens is 380 g/mol. The van der Waals surface area contributed by atoms with Gasteiger partial charge in [-0.15, -0.1) is 0 Å². The Balaban J connectivity index is 2.92. The van der Waals surface area contributed by atoms with Crippen LogP contribution in [0.1, 0.15) is 17.3 Å². The van der Waals surface area contributed by atoms with Crippen LogP contribution in [0.5, 0.6) is 0 Å². The van der Waals surface area contributed by atoms with Crippen molar-refractivity contribution < 1.29 is 19.1 Å². The van der Waals surface area contributed by atoms with Crippen LogP contribution in [0, 0.1) is 0 Å². The number of nitrogens with zero attached hydrogens (tertiary/aromatic N) is 1. The third-order valence-corrected chi connectivity index (χ3v) is 2.82. The first-order valence-corrected chi connectivity index (χ1v) is 7.18. The number of anilines is 1. The lowest BCUT2D eigenvalue weighted by molar-refractivity contribution is -0.119. The Morgan fingerprint density at radius 3 is 2.50 bits per heavy atom. The minimum atomic E-state index is -2.31. The highest BCUT2D eigenvalue weighted by Crippen LogP contribution is 2.26. The zero-order valence-electron chi connectivity index (χ0n) is 11.0. The second kappa shape index (κ2) is 7.82. The van der Waals surface area contributed by atoms with Gasteiger partial charge in [0.1, 0.15) is 10.7 Å². The smallest absolute Gasteiger partial charge is 0.341 e. The number of imide groups is 1. The van der Waals surface area contributed by atoms with Crippen molar-refractivity contribution in [2.45, 2.75) is 10.7 Å². The number of pyridine rings is 1. The molecule has 3 amide bonds. The fourth-order valence-corrected chi connectivity index (χ4v) is 1.53. The topological polar surface area (TPSA) is 97.4 Å². The van der Waals surface area contributed by atoms with E-state index in [1.165, 1.54) is 6.07 Å². The number of ether oxygens (including phenoxy) is 1. The van der Waals surface area contributed by atoms with E-state index >= 15 is 0 Å². The number of hydrogen-bond donors (Lipinski definition) is 2. The quantitative estimate of drug-likeness (QED) is 0.471. The van der Waals surface area contributed by atoms with E-state index in [4.69, 9.17) is 51.1 Å². The molecule has 1 rings (SSSR count). The first kappa shape index (κ1) is 18.8. The minimum Gasteiger partial charge on any atom is -0.462 e. The minimum absolute atomic E-state index is 0.0102. The average Bonchev–Trinajstić information content (AvgIpc) is 2.37. The molecule has 22 heavy (non-hydrogen) atoms. The van der Waals surface area contributed by atoms with Crippen LogP contribution in [0.3, 0.4) is 0 Å². The maximum atomic E-state index is 11.7. The van der Waals surface area contributed by atoms with Gasteiger partial charge >= 0.3 is 12.0 Å². The molecule has 0 fully saturated rings. The van der Waals surface area contributed by atoms with Crippen LogP contribution in [0.15, 0.2) is 12.3 Å². The highest BCUT2D eigenvalue weighted by atomic mass is 35.6. The molecule has 0 aliphatic carbocycles. The van der Waals surface area contributed by atoms with Gasteiger partial charge in [-0.25, -0.2) is 14.6 Å². The number of carbonyl (C=O) groups is 3. The Hall–Kier alpha value is -1.28. The molecule has 0 bridgehead atoms. The number of halogens is 4. The predicted molar refractivity (Wildman–Crippen MR) is 82.7 cm³/mol. The summed E-state index contributed by atoms with van der Waals surface area (Å²) in [7, 11) is 0. The second-order valence-corrected chi connectivity index (χ2v) is 6.35. The van der Waals surface area contributed by atoms with Crippen LogP contribution in [0.2, 0.25) is 5.15 Å².